The van der Waals surface area contributed by atoms with Crippen LogP contribution in [0.5, 0.6) is 11.8 Å². The molecule has 1 saturated carbocycles. The number of amides is 1. The summed E-state index contributed by atoms with van der Waals surface area (Å²) in [6.07, 6.45) is 3.28. The van der Waals surface area contributed by atoms with E-state index in [0.717, 1.165) is 12.8 Å². The summed E-state index contributed by atoms with van der Waals surface area (Å²) < 4.78 is 17.1. The Morgan fingerprint density at radius 3 is 2.60 bits per heavy atom. The maximum atomic E-state index is 11.0. The number of carbonyl (C=O) groups excluding carboxylic acids is 1. The standard InChI is InChI=1S/C19H23Cl2N5O4/c1-11(24-12(2)27)7-28-15-5-13(6-15)8-29-18-17(21)19(23-10-22-18)30-9-14-3-4-16(20)26-25-14/h3-4,10-11,13,15H,5-9H2,1-2H3,(H,24,27)/t11-,13-,15-/m0/s1. The van der Waals surface area contributed by atoms with Crippen LogP contribution in [0.4, 0.5) is 0 Å². The second-order valence-corrected chi connectivity index (χ2v) is 7.90. The third-order valence-corrected chi connectivity index (χ3v) is 4.97. The molecule has 162 valence electrons. The second-order valence-electron chi connectivity index (χ2n) is 7.14. The van der Waals surface area contributed by atoms with Crippen molar-refractivity contribution in [2.24, 2.45) is 5.92 Å². The molecule has 2 aromatic heterocycles. The van der Waals surface area contributed by atoms with Crippen molar-refractivity contribution in [3.8, 4) is 11.8 Å². The van der Waals surface area contributed by atoms with Crippen LogP contribution in [0.25, 0.3) is 0 Å². The van der Waals surface area contributed by atoms with Crippen LogP contribution in [0.15, 0.2) is 18.5 Å². The molecule has 2 aromatic rings. The smallest absolute Gasteiger partial charge is 0.240 e. The molecule has 1 N–H and O–H groups in total. The Morgan fingerprint density at radius 2 is 1.93 bits per heavy atom. The van der Waals surface area contributed by atoms with Crippen molar-refractivity contribution in [1.29, 1.82) is 0 Å². The number of nitrogens with zero attached hydrogens (tertiary/aromatic N) is 4. The lowest BCUT2D eigenvalue weighted by molar-refractivity contribution is -0.120. The number of halogens is 2. The fourth-order valence-corrected chi connectivity index (χ4v) is 3.22. The van der Waals surface area contributed by atoms with Gasteiger partial charge < -0.3 is 19.5 Å². The number of hydrogen-bond donors (Lipinski definition) is 1. The average Bonchev–Trinajstić information content (AvgIpc) is 2.67. The molecule has 0 bridgehead atoms. The SMILES string of the molecule is CC(=O)N[C@@H](C)CO[C@H]1C[C@H](COc2ncnc(OCc3ccc(Cl)nn3)c2Cl)C1. The van der Waals surface area contributed by atoms with Crippen LogP contribution in [0, 0.1) is 5.92 Å². The molecule has 2 heterocycles. The first-order valence-electron chi connectivity index (χ1n) is 9.53. The van der Waals surface area contributed by atoms with Crippen LogP contribution in [-0.4, -0.2) is 51.4 Å². The van der Waals surface area contributed by atoms with Gasteiger partial charge >= 0.3 is 0 Å². The van der Waals surface area contributed by atoms with E-state index < -0.39 is 0 Å². The van der Waals surface area contributed by atoms with Crippen LogP contribution in [0.1, 0.15) is 32.4 Å². The van der Waals surface area contributed by atoms with Gasteiger partial charge in [0.2, 0.25) is 17.7 Å². The molecule has 1 atom stereocenters. The van der Waals surface area contributed by atoms with Gasteiger partial charge in [-0.1, -0.05) is 23.2 Å². The summed E-state index contributed by atoms with van der Waals surface area (Å²) in [6, 6.07) is 3.32. The molecule has 11 heteroatoms. The number of aromatic nitrogens is 4. The maximum Gasteiger partial charge on any atom is 0.240 e. The third-order valence-electron chi connectivity index (χ3n) is 4.45. The van der Waals surface area contributed by atoms with Gasteiger partial charge in [0.25, 0.3) is 0 Å². The molecule has 1 fully saturated rings. The first kappa shape index (κ1) is 22.5. The molecule has 0 saturated heterocycles. The zero-order chi connectivity index (χ0) is 21.5. The molecule has 9 nitrogen and oxygen atoms in total. The number of carbonyl (C=O) groups is 1. The summed E-state index contributed by atoms with van der Waals surface area (Å²) in [7, 11) is 0. The lowest BCUT2D eigenvalue weighted by Crippen LogP contribution is -2.40. The Hall–Kier alpha value is -2.23. The Bertz CT molecular complexity index is 849. The van der Waals surface area contributed by atoms with Crippen LogP contribution >= 0.6 is 23.2 Å². The average molecular weight is 456 g/mol. The first-order chi connectivity index (χ1) is 14.4. The van der Waals surface area contributed by atoms with E-state index in [1.165, 1.54) is 13.3 Å². The molecule has 0 radical (unpaired) electrons. The lowest BCUT2D eigenvalue weighted by atomic mass is 9.83. The molecule has 0 aliphatic heterocycles. The van der Waals surface area contributed by atoms with Gasteiger partial charge in [-0.15, -0.1) is 5.10 Å². The molecule has 1 aliphatic rings. The summed E-state index contributed by atoms with van der Waals surface area (Å²) in [5, 5.41) is 11.0. The molecule has 0 unspecified atom stereocenters. The van der Waals surface area contributed by atoms with Crippen LogP contribution in [0.2, 0.25) is 10.2 Å². The van der Waals surface area contributed by atoms with E-state index in [-0.39, 0.29) is 41.4 Å². The summed E-state index contributed by atoms with van der Waals surface area (Å²) in [5.74, 6) is 0.774. The van der Waals surface area contributed by atoms with Gasteiger partial charge in [0, 0.05) is 13.0 Å². The van der Waals surface area contributed by atoms with E-state index in [0.29, 0.717) is 30.0 Å². The zero-order valence-corrected chi connectivity index (χ0v) is 18.2. The number of ether oxygens (including phenoxy) is 3. The fourth-order valence-electron chi connectivity index (χ4n) is 2.92. The second kappa shape index (κ2) is 10.7. The van der Waals surface area contributed by atoms with Crippen LogP contribution in [0.3, 0.4) is 0 Å². The highest BCUT2D eigenvalue weighted by atomic mass is 35.5. The summed E-state index contributed by atoms with van der Waals surface area (Å²) in [5.41, 5.74) is 0.588. The Labute approximate surface area is 184 Å². The van der Waals surface area contributed by atoms with Gasteiger partial charge in [-0.25, -0.2) is 9.97 Å². The zero-order valence-electron chi connectivity index (χ0n) is 16.7. The highest BCUT2D eigenvalue weighted by molar-refractivity contribution is 6.33. The van der Waals surface area contributed by atoms with Gasteiger partial charge in [-0.05, 0) is 37.8 Å². The highest BCUT2D eigenvalue weighted by Gasteiger charge is 2.31. The molecule has 3 rings (SSSR count). The highest BCUT2D eigenvalue weighted by Crippen LogP contribution is 2.34. The van der Waals surface area contributed by atoms with E-state index in [1.54, 1.807) is 12.1 Å². The minimum Gasteiger partial charge on any atom is -0.476 e. The maximum absolute atomic E-state index is 11.0. The molecule has 0 spiro atoms. The van der Waals surface area contributed by atoms with Crippen molar-refractivity contribution < 1.29 is 19.0 Å². The molecule has 1 aliphatic carbocycles. The number of nitrogens with one attached hydrogen (secondary N) is 1. The topological polar surface area (TPSA) is 108 Å². The van der Waals surface area contributed by atoms with Gasteiger partial charge in [0.1, 0.15) is 18.6 Å². The molecular formula is C19H23Cl2N5O4. The third kappa shape index (κ3) is 6.65. The van der Waals surface area contributed by atoms with E-state index in [1.807, 2.05) is 6.92 Å². The minimum atomic E-state index is -0.0582. The van der Waals surface area contributed by atoms with Crippen molar-refractivity contribution >= 4 is 29.1 Å². The normalized spacial score (nSPS) is 18.9. The van der Waals surface area contributed by atoms with E-state index in [4.69, 9.17) is 37.4 Å². The van der Waals surface area contributed by atoms with Crippen molar-refractivity contribution in [3.63, 3.8) is 0 Å². The van der Waals surface area contributed by atoms with Crippen LogP contribution in [-0.2, 0) is 16.1 Å². The molecule has 0 aromatic carbocycles. The molecule has 30 heavy (non-hydrogen) atoms. The predicted molar refractivity (Wildman–Crippen MR) is 110 cm³/mol. The van der Waals surface area contributed by atoms with Gasteiger partial charge in [0.05, 0.1) is 19.3 Å². The van der Waals surface area contributed by atoms with E-state index in [2.05, 4.69) is 25.5 Å². The summed E-state index contributed by atoms with van der Waals surface area (Å²) in [4.78, 5) is 19.1. The monoisotopic (exact) mass is 455 g/mol. The van der Waals surface area contributed by atoms with Gasteiger partial charge in [0.15, 0.2) is 10.2 Å². The predicted octanol–water partition coefficient (Wildman–Crippen LogP) is 2.85. The van der Waals surface area contributed by atoms with Crippen molar-refractivity contribution in [1.82, 2.24) is 25.5 Å². The van der Waals surface area contributed by atoms with Gasteiger partial charge in [-0.3, -0.25) is 4.79 Å². The Balaban J connectivity index is 1.40. The Morgan fingerprint density at radius 1 is 1.20 bits per heavy atom. The van der Waals surface area contributed by atoms with E-state index >= 15 is 0 Å². The summed E-state index contributed by atoms with van der Waals surface area (Å²) in [6.45, 7) is 4.51. The van der Waals surface area contributed by atoms with Gasteiger partial charge in [-0.2, -0.15) is 5.10 Å². The fraction of sp³-hybridized carbons (Fsp3) is 0.526. The van der Waals surface area contributed by atoms with Crippen molar-refractivity contribution in [2.45, 2.75) is 45.4 Å². The molecule has 1 amide bonds. The lowest BCUT2D eigenvalue weighted by Gasteiger charge is -2.35. The van der Waals surface area contributed by atoms with Crippen LogP contribution < -0.4 is 14.8 Å². The Kier molecular flexibility index (Phi) is 8.01. The largest absolute Gasteiger partial charge is 0.476 e. The number of hydrogen-bond acceptors (Lipinski definition) is 8. The van der Waals surface area contributed by atoms with E-state index in [9.17, 15) is 4.79 Å². The van der Waals surface area contributed by atoms with Crippen molar-refractivity contribution in [2.75, 3.05) is 13.2 Å². The molecular weight excluding hydrogens is 433 g/mol. The minimum absolute atomic E-state index is 0.00472. The van der Waals surface area contributed by atoms with Crippen molar-refractivity contribution in [3.05, 3.63) is 34.3 Å². The number of rotatable bonds is 10. The first-order valence-corrected chi connectivity index (χ1v) is 10.3. The quantitative estimate of drug-likeness (QED) is 0.582. The summed E-state index contributed by atoms with van der Waals surface area (Å²) >= 11 is 12.0.